The Morgan fingerprint density at radius 2 is 1.87 bits per heavy atom. The van der Waals surface area contributed by atoms with Crippen LogP contribution in [-0.4, -0.2) is 67.4 Å². The molecule has 1 saturated heterocycles. The topological polar surface area (TPSA) is 130 Å². The van der Waals surface area contributed by atoms with E-state index in [-0.39, 0.29) is 17.2 Å². The van der Waals surface area contributed by atoms with Gasteiger partial charge in [0.15, 0.2) is 0 Å². The van der Waals surface area contributed by atoms with Crippen LogP contribution >= 0.6 is 11.3 Å². The highest BCUT2D eigenvalue weighted by Gasteiger charge is 2.41. The second-order valence-electron chi connectivity index (χ2n) is 6.52. The average Bonchev–Trinajstić information content (AvgIpc) is 3.25. The Labute approximate surface area is 182 Å². The summed E-state index contributed by atoms with van der Waals surface area (Å²) in [6.07, 6.45) is 0.796. The lowest BCUT2D eigenvalue weighted by Crippen LogP contribution is -2.40. The summed E-state index contributed by atoms with van der Waals surface area (Å²) in [6.45, 7) is 0.445. The number of carbonyl (C=O) groups excluding carboxylic acids is 4. The summed E-state index contributed by atoms with van der Waals surface area (Å²) in [5.41, 5.74) is 0.961. The molecular weight excluding hydrogens is 446 g/mol. The van der Waals surface area contributed by atoms with Crippen LogP contribution in [0.5, 0.6) is 0 Å². The van der Waals surface area contributed by atoms with Gasteiger partial charge < -0.3 is 10.1 Å². The van der Waals surface area contributed by atoms with Gasteiger partial charge in [-0.15, -0.1) is 11.3 Å². The summed E-state index contributed by atoms with van der Waals surface area (Å²) < 4.78 is 28.6. The largest absolute Gasteiger partial charge is 0.462 e. The summed E-state index contributed by atoms with van der Waals surface area (Å²) in [6, 6.07) is 9.68. The number of carbonyl (C=O) groups is 4. The normalized spacial score (nSPS) is 14.1. The number of imide groups is 1. The van der Waals surface area contributed by atoms with E-state index >= 15 is 0 Å². The highest BCUT2D eigenvalue weighted by molar-refractivity contribution is 7.88. The van der Waals surface area contributed by atoms with E-state index in [9.17, 15) is 27.6 Å². The van der Waals surface area contributed by atoms with E-state index in [4.69, 9.17) is 4.74 Å². The number of thiophene rings is 1. The zero-order chi connectivity index (χ0) is 22.8. The Kier molecular flexibility index (Phi) is 6.41. The summed E-state index contributed by atoms with van der Waals surface area (Å²) in [5, 5.41) is 2.72. The number of benzene rings is 1. The van der Waals surface area contributed by atoms with E-state index in [1.807, 2.05) is 30.3 Å². The third-order valence-electron chi connectivity index (χ3n) is 4.26. The summed E-state index contributed by atoms with van der Waals surface area (Å²) in [7, 11) is -3.93. The second kappa shape index (κ2) is 8.86. The van der Waals surface area contributed by atoms with Gasteiger partial charge in [-0.1, -0.05) is 30.3 Å². The molecule has 0 saturated carbocycles. The Hall–Kier alpha value is -3.25. The standard InChI is InChI=1S/C19H19N3O7S2/c1-3-29-18(25)13-9-14(12-7-5-4-6-8-12)30-17(13)20-15(23)10-21-16(24)11-22(19(21)26)31(2,27)28/h4-9H,3,10-11H2,1-2H3,(H,20,23). The first-order chi connectivity index (χ1) is 14.6. The fourth-order valence-electron chi connectivity index (χ4n) is 2.83. The zero-order valence-electron chi connectivity index (χ0n) is 16.7. The molecule has 0 unspecified atom stereocenters. The van der Waals surface area contributed by atoms with Crippen LogP contribution in [0.15, 0.2) is 36.4 Å². The molecule has 1 fully saturated rings. The van der Waals surface area contributed by atoms with E-state index in [1.54, 1.807) is 13.0 Å². The van der Waals surface area contributed by atoms with Crippen molar-refractivity contribution in [3.63, 3.8) is 0 Å². The number of rotatable bonds is 7. The van der Waals surface area contributed by atoms with Crippen LogP contribution in [0.2, 0.25) is 0 Å². The lowest BCUT2D eigenvalue weighted by molar-refractivity contribution is -0.128. The van der Waals surface area contributed by atoms with E-state index in [0.29, 0.717) is 14.1 Å². The number of urea groups is 1. The first-order valence-electron chi connectivity index (χ1n) is 9.10. The monoisotopic (exact) mass is 465 g/mol. The highest BCUT2D eigenvalue weighted by atomic mass is 32.2. The molecule has 2 aromatic rings. The molecule has 12 heteroatoms. The number of esters is 1. The Balaban J connectivity index is 1.82. The second-order valence-corrected chi connectivity index (χ2v) is 9.48. The Bertz CT molecular complexity index is 1140. The first kappa shape index (κ1) is 22.4. The van der Waals surface area contributed by atoms with Crippen LogP contribution in [0.4, 0.5) is 9.80 Å². The fourth-order valence-corrected chi connectivity index (χ4v) is 4.63. The molecule has 1 N–H and O–H groups in total. The summed E-state index contributed by atoms with van der Waals surface area (Å²) in [5.74, 6) is -2.20. The molecule has 0 radical (unpaired) electrons. The van der Waals surface area contributed by atoms with Gasteiger partial charge in [0.25, 0.3) is 5.91 Å². The van der Waals surface area contributed by atoms with Gasteiger partial charge in [0.1, 0.15) is 18.1 Å². The summed E-state index contributed by atoms with van der Waals surface area (Å²) >= 11 is 1.13. The van der Waals surface area contributed by atoms with Gasteiger partial charge in [0.2, 0.25) is 15.9 Å². The number of anilines is 1. The lowest BCUT2D eigenvalue weighted by atomic mass is 10.1. The van der Waals surface area contributed by atoms with Gasteiger partial charge in [0, 0.05) is 4.88 Å². The van der Waals surface area contributed by atoms with Gasteiger partial charge in [-0.25, -0.2) is 22.3 Å². The summed E-state index contributed by atoms with van der Waals surface area (Å²) in [4.78, 5) is 50.3. The van der Waals surface area contributed by atoms with Crippen LogP contribution in [0, 0.1) is 0 Å². The number of nitrogens with one attached hydrogen (secondary N) is 1. The van der Waals surface area contributed by atoms with Gasteiger partial charge in [-0.3, -0.25) is 14.5 Å². The highest BCUT2D eigenvalue weighted by Crippen LogP contribution is 2.36. The maximum absolute atomic E-state index is 12.5. The molecule has 1 aliphatic rings. The van der Waals surface area contributed by atoms with Crippen molar-refractivity contribution >= 4 is 50.2 Å². The molecule has 164 valence electrons. The third kappa shape index (κ3) is 4.91. The number of amides is 4. The molecule has 1 aromatic heterocycles. The smallest absolute Gasteiger partial charge is 0.341 e. The van der Waals surface area contributed by atoms with E-state index < -0.39 is 46.9 Å². The van der Waals surface area contributed by atoms with Crippen LogP contribution < -0.4 is 5.32 Å². The predicted molar refractivity (Wildman–Crippen MR) is 113 cm³/mol. The lowest BCUT2D eigenvalue weighted by Gasteiger charge is -2.15. The minimum atomic E-state index is -3.93. The third-order valence-corrected chi connectivity index (χ3v) is 6.45. The van der Waals surface area contributed by atoms with Crippen LogP contribution in [0.3, 0.4) is 0 Å². The van der Waals surface area contributed by atoms with Crippen LogP contribution in [0.1, 0.15) is 17.3 Å². The minimum Gasteiger partial charge on any atom is -0.462 e. The van der Waals surface area contributed by atoms with Crippen molar-refractivity contribution in [3.8, 4) is 10.4 Å². The maximum Gasteiger partial charge on any atom is 0.341 e. The Morgan fingerprint density at radius 1 is 1.19 bits per heavy atom. The number of hydrogen-bond donors (Lipinski definition) is 1. The number of nitrogens with zero attached hydrogens (tertiary/aromatic N) is 2. The number of sulfonamides is 1. The molecule has 10 nitrogen and oxygen atoms in total. The van der Waals surface area contributed by atoms with Gasteiger partial charge in [0.05, 0.1) is 18.4 Å². The SMILES string of the molecule is CCOC(=O)c1cc(-c2ccccc2)sc1NC(=O)CN1C(=O)CN(S(C)(=O)=O)C1=O. The molecule has 4 amide bonds. The van der Waals surface area contributed by atoms with Crippen molar-refractivity contribution in [2.45, 2.75) is 6.92 Å². The number of hydrogen-bond acceptors (Lipinski definition) is 8. The molecule has 31 heavy (non-hydrogen) atoms. The van der Waals surface area contributed by atoms with Gasteiger partial charge >= 0.3 is 12.0 Å². The maximum atomic E-state index is 12.5. The van der Waals surface area contributed by atoms with Gasteiger partial charge in [-0.2, -0.15) is 0 Å². The predicted octanol–water partition coefficient (Wildman–Crippen LogP) is 1.75. The molecule has 0 bridgehead atoms. The number of ether oxygens (including phenoxy) is 1. The minimum absolute atomic E-state index is 0.135. The van der Waals surface area contributed by atoms with Crippen molar-refractivity contribution in [2.75, 3.05) is 31.3 Å². The van der Waals surface area contributed by atoms with Crippen LogP contribution in [-0.2, 0) is 24.3 Å². The quantitative estimate of drug-likeness (QED) is 0.487. The molecule has 1 aromatic carbocycles. The van der Waals surface area contributed by atoms with Crippen molar-refractivity contribution < 1.29 is 32.3 Å². The molecule has 1 aliphatic heterocycles. The van der Waals surface area contributed by atoms with Crippen molar-refractivity contribution in [1.82, 2.24) is 9.21 Å². The molecule has 0 aliphatic carbocycles. The van der Waals surface area contributed by atoms with E-state index in [0.717, 1.165) is 23.2 Å². The van der Waals surface area contributed by atoms with E-state index in [2.05, 4.69) is 5.32 Å². The Morgan fingerprint density at radius 3 is 2.45 bits per heavy atom. The first-order valence-corrected chi connectivity index (χ1v) is 11.8. The molecule has 3 rings (SSSR count). The zero-order valence-corrected chi connectivity index (χ0v) is 18.3. The van der Waals surface area contributed by atoms with Crippen molar-refractivity contribution in [2.24, 2.45) is 0 Å². The molecule has 0 spiro atoms. The molecular formula is C19H19N3O7S2. The molecule has 0 atom stereocenters. The van der Waals surface area contributed by atoms with Crippen molar-refractivity contribution in [1.29, 1.82) is 0 Å². The van der Waals surface area contributed by atoms with E-state index in [1.165, 1.54) is 0 Å². The van der Waals surface area contributed by atoms with Crippen molar-refractivity contribution in [3.05, 3.63) is 42.0 Å². The van der Waals surface area contributed by atoms with Gasteiger partial charge in [-0.05, 0) is 18.6 Å². The van der Waals surface area contributed by atoms with Crippen LogP contribution in [0.25, 0.3) is 10.4 Å². The average molecular weight is 466 g/mol. The fraction of sp³-hybridized carbons (Fsp3) is 0.263. The molecule has 2 heterocycles.